The minimum Gasteiger partial charge on any atom is -0.480 e. The zero-order chi connectivity index (χ0) is 18.6. The minimum atomic E-state index is -1.14. The first-order valence-electron chi connectivity index (χ1n) is 8.37. The average Bonchev–Trinajstić information content (AvgIpc) is 3.23. The first kappa shape index (κ1) is 18.9. The third kappa shape index (κ3) is 4.56. The van der Waals surface area contributed by atoms with Crippen LogP contribution in [0.3, 0.4) is 0 Å². The Morgan fingerprint density at radius 3 is 2.76 bits per heavy atom. The number of carboxylic acids is 1. The smallest absolute Gasteiger partial charge is 0.326 e. The van der Waals surface area contributed by atoms with Gasteiger partial charge in [0.25, 0.3) is 0 Å². The zero-order valence-corrected chi connectivity index (χ0v) is 14.4. The van der Waals surface area contributed by atoms with Gasteiger partial charge < -0.3 is 26.0 Å². The van der Waals surface area contributed by atoms with Gasteiger partial charge in [-0.15, -0.1) is 0 Å². The molecule has 1 fully saturated rings. The van der Waals surface area contributed by atoms with Crippen molar-refractivity contribution in [2.75, 3.05) is 6.54 Å². The summed E-state index contributed by atoms with van der Waals surface area (Å²) >= 11 is 0. The van der Waals surface area contributed by atoms with Crippen molar-refractivity contribution in [1.29, 1.82) is 0 Å². The standard InChI is InChI=1S/C16H25N5O4/c1-9(2)13(17)15(23)21-5-3-4-12(21)14(22)20-11(16(24)25)6-10-7-18-8-19-10/h7-9,11-13H,3-6,17H2,1-2H3,(H,18,19)(H,20,22)(H,24,25)/t11-,12-,13-/m0/s1. The number of H-pyrrole nitrogens is 1. The normalized spacial score (nSPS) is 19.7. The van der Waals surface area contributed by atoms with Crippen LogP contribution in [0.15, 0.2) is 12.5 Å². The molecule has 2 rings (SSSR count). The predicted octanol–water partition coefficient (Wildman–Crippen LogP) is -0.504. The Bertz CT molecular complexity index is 616. The fourth-order valence-corrected chi connectivity index (χ4v) is 2.86. The van der Waals surface area contributed by atoms with E-state index in [4.69, 9.17) is 5.73 Å². The van der Waals surface area contributed by atoms with Gasteiger partial charge in [0.1, 0.15) is 12.1 Å². The minimum absolute atomic E-state index is 0.0380. The number of rotatable bonds is 7. The molecule has 2 heterocycles. The van der Waals surface area contributed by atoms with Gasteiger partial charge in [-0.25, -0.2) is 9.78 Å². The molecule has 1 aliphatic heterocycles. The van der Waals surface area contributed by atoms with E-state index in [-0.39, 0.29) is 18.2 Å². The van der Waals surface area contributed by atoms with Crippen molar-refractivity contribution in [2.45, 2.75) is 51.2 Å². The van der Waals surface area contributed by atoms with E-state index in [0.717, 1.165) is 0 Å². The van der Waals surface area contributed by atoms with Crippen LogP contribution in [0.4, 0.5) is 0 Å². The molecule has 0 unspecified atom stereocenters. The highest BCUT2D eigenvalue weighted by atomic mass is 16.4. The quantitative estimate of drug-likeness (QED) is 0.521. The van der Waals surface area contributed by atoms with Gasteiger partial charge in [-0.1, -0.05) is 13.8 Å². The molecule has 0 aromatic carbocycles. The number of imidazole rings is 1. The number of aliphatic carboxylic acids is 1. The number of nitrogens with zero attached hydrogens (tertiary/aromatic N) is 2. The lowest BCUT2D eigenvalue weighted by molar-refractivity contribution is -0.144. The van der Waals surface area contributed by atoms with Crippen LogP contribution < -0.4 is 11.1 Å². The van der Waals surface area contributed by atoms with Crippen LogP contribution in [-0.2, 0) is 20.8 Å². The van der Waals surface area contributed by atoms with Crippen LogP contribution in [0, 0.1) is 5.92 Å². The van der Waals surface area contributed by atoms with Crippen molar-refractivity contribution in [1.82, 2.24) is 20.2 Å². The van der Waals surface area contributed by atoms with E-state index >= 15 is 0 Å². The summed E-state index contributed by atoms with van der Waals surface area (Å²) in [4.78, 5) is 44.6. The molecule has 9 heteroatoms. The molecule has 1 aromatic rings. The monoisotopic (exact) mass is 351 g/mol. The largest absolute Gasteiger partial charge is 0.480 e. The molecule has 0 saturated carbocycles. The number of amides is 2. The number of hydrogen-bond donors (Lipinski definition) is 4. The van der Waals surface area contributed by atoms with Crippen molar-refractivity contribution in [2.24, 2.45) is 11.7 Å². The molecular formula is C16H25N5O4. The molecule has 5 N–H and O–H groups in total. The first-order chi connectivity index (χ1) is 11.8. The van der Waals surface area contributed by atoms with E-state index in [9.17, 15) is 19.5 Å². The summed E-state index contributed by atoms with van der Waals surface area (Å²) in [6.45, 7) is 4.15. The highest BCUT2D eigenvalue weighted by molar-refractivity contribution is 5.92. The number of nitrogens with one attached hydrogen (secondary N) is 2. The van der Waals surface area contributed by atoms with Crippen LogP contribution >= 0.6 is 0 Å². The van der Waals surface area contributed by atoms with Gasteiger partial charge in [0, 0.05) is 24.9 Å². The summed E-state index contributed by atoms with van der Waals surface area (Å²) in [5, 5.41) is 11.9. The summed E-state index contributed by atoms with van der Waals surface area (Å²) in [6.07, 6.45) is 4.23. The van der Waals surface area contributed by atoms with Gasteiger partial charge in [0.05, 0.1) is 12.4 Å². The molecule has 3 atom stereocenters. The Labute approximate surface area is 146 Å². The molecule has 0 spiro atoms. The predicted molar refractivity (Wildman–Crippen MR) is 89.4 cm³/mol. The number of aromatic amines is 1. The maximum absolute atomic E-state index is 12.6. The summed E-state index contributed by atoms with van der Waals surface area (Å²) in [6, 6.07) is -2.45. The van der Waals surface area contributed by atoms with Crippen molar-refractivity contribution in [3.8, 4) is 0 Å². The maximum atomic E-state index is 12.6. The number of hydrogen-bond acceptors (Lipinski definition) is 5. The second-order valence-electron chi connectivity index (χ2n) is 6.64. The van der Waals surface area contributed by atoms with Crippen molar-refractivity contribution >= 4 is 17.8 Å². The Balaban J connectivity index is 2.04. The lowest BCUT2D eigenvalue weighted by Crippen LogP contribution is -2.55. The Hall–Kier alpha value is -2.42. The Morgan fingerprint density at radius 2 is 2.20 bits per heavy atom. The average molecular weight is 351 g/mol. The van der Waals surface area contributed by atoms with Gasteiger partial charge in [0.15, 0.2) is 0 Å². The van der Waals surface area contributed by atoms with Crippen LogP contribution in [-0.4, -0.2) is 62.4 Å². The maximum Gasteiger partial charge on any atom is 0.326 e. The lowest BCUT2D eigenvalue weighted by atomic mass is 10.0. The second-order valence-corrected chi connectivity index (χ2v) is 6.64. The van der Waals surface area contributed by atoms with Crippen molar-refractivity contribution in [3.05, 3.63) is 18.2 Å². The van der Waals surface area contributed by atoms with E-state index in [2.05, 4.69) is 15.3 Å². The van der Waals surface area contributed by atoms with Gasteiger partial charge >= 0.3 is 5.97 Å². The molecule has 0 aliphatic carbocycles. The first-order valence-corrected chi connectivity index (χ1v) is 8.37. The molecule has 25 heavy (non-hydrogen) atoms. The summed E-state index contributed by atoms with van der Waals surface area (Å²) in [5.74, 6) is -1.91. The van der Waals surface area contributed by atoms with Crippen LogP contribution in [0.5, 0.6) is 0 Å². The number of carbonyl (C=O) groups is 3. The molecule has 9 nitrogen and oxygen atoms in total. The zero-order valence-electron chi connectivity index (χ0n) is 14.4. The summed E-state index contributed by atoms with van der Waals surface area (Å²) in [5.41, 5.74) is 6.52. The SMILES string of the molecule is CC(C)[C@H](N)C(=O)N1CCC[C@H]1C(=O)N[C@@H](Cc1cnc[nH]1)C(=O)O. The number of carbonyl (C=O) groups excluding carboxylic acids is 2. The third-order valence-electron chi connectivity index (χ3n) is 4.44. The van der Waals surface area contributed by atoms with Gasteiger partial charge in [0.2, 0.25) is 11.8 Å². The molecular weight excluding hydrogens is 326 g/mol. The van der Waals surface area contributed by atoms with Crippen LogP contribution in [0.2, 0.25) is 0 Å². The van der Waals surface area contributed by atoms with E-state index in [1.807, 2.05) is 13.8 Å². The molecule has 1 aromatic heterocycles. The number of likely N-dealkylation sites (tertiary alicyclic amines) is 1. The topological polar surface area (TPSA) is 141 Å². The molecule has 1 saturated heterocycles. The third-order valence-corrected chi connectivity index (χ3v) is 4.44. The van der Waals surface area contributed by atoms with Gasteiger partial charge in [-0.05, 0) is 18.8 Å². The van der Waals surface area contributed by atoms with Gasteiger partial charge in [-0.2, -0.15) is 0 Å². The van der Waals surface area contributed by atoms with E-state index in [0.29, 0.717) is 25.1 Å². The number of aromatic nitrogens is 2. The molecule has 138 valence electrons. The highest BCUT2D eigenvalue weighted by Crippen LogP contribution is 2.20. The van der Waals surface area contributed by atoms with Crippen molar-refractivity contribution in [3.63, 3.8) is 0 Å². The molecule has 1 aliphatic rings. The number of carboxylic acid groups (broad SMARTS) is 1. The van der Waals surface area contributed by atoms with Crippen LogP contribution in [0.25, 0.3) is 0 Å². The summed E-state index contributed by atoms with van der Waals surface area (Å²) < 4.78 is 0. The van der Waals surface area contributed by atoms with E-state index in [1.165, 1.54) is 17.4 Å². The fraction of sp³-hybridized carbons (Fsp3) is 0.625. The number of nitrogens with two attached hydrogens (primary N) is 1. The lowest BCUT2D eigenvalue weighted by Gasteiger charge is -2.28. The molecule has 0 radical (unpaired) electrons. The van der Waals surface area contributed by atoms with E-state index < -0.39 is 30.0 Å². The van der Waals surface area contributed by atoms with Crippen molar-refractivity contribution < 1.29 is 19.5 Å². The molecule has 2 amide bonds. The van der Waals surface area contributed by atoms with Gasteiger partial charge in [-0.3, -0.25) is 9.59 Å². The summed E-state index contributed by atoms with van der Waals surface area (Å²) in [7, 11) is 0. The molecule has 0 bridgehead atoms. The fourth-order valence-electron chi connectivity index (χ4n) is 2.86. The van der Waals surface area contributed by atoms with E-state index in [1.54, 1.807) is 0 Å². The van der Waals surface area contributed by atoms with Crippen LogP contribution in [0.1, 0.15) is 32.4 Å². The Morgan fingerprint density at radius 1 is 1.48 bits per heavy atom. The second kappa shape index (κ2) is 8.11. The Kier molecular flexibility index (Phi) is 6.13. The highest BCUT2D eigenvalue weighted by Gasteiger charge is 2.38.